The number of halogens is 4. The monoisotopic (exact) mass is 738 g/mol. The third-order valence-electron chi connectivity index (χ3n) is 8.65. The Hall–Kier alpha value is -4.54. The Labute approximate surface area is 291 Å². The van der Waals surface area contributed by atoms with Gasteiger partial charge in [-0.1, -0.05) is 24.1 Å². The summed E-state index contributed by atoms with van der Waals surface area (Å²) in [5.74, 6) is -3.44. The summed E-state index contributed by atoms with van der Waals surface area (Å²) >= 11 is 6.53. The van der Waals surface area contributed by atoms with Crippen LogP contribution in [0.1, 0.15) is 36.0 Å². The van der Waals surface area contributed by atoms with E-state index in [0.717, 1.165) is 18.2 Å². The fourth-order valence-electron chi connectivity index (χ4n) is 6.65. The molecule has 2 aliphatic heterocycles. The molecule has 0 aliphatic carbocycles. The fraction of sp³-hybridized carbons (Fsp3) is 0.364. The molecule has 3 aromatic rings. The van der Waals surface area contributed by atoms with Crippen LogP contribution in [0.5, 0.6) is 17.2 Å². The largest absolute Gasteiger partial charge is 0.573 e. The van der Waals surface area contributed by atoms with E-state index in [0.29, 0.717) is 22.7 Å². The van der Waals surface area contributed by atoms with Crippen LogP contribution in [-0.2, 0) is 36.4 Å². The van der Waals surface area contributed by atoms with E-state index in [2.05, 4.69) is 4.74 Å². The number of ether oxygens (including phenoxy) is 3. The second-order valence-corrected chi connectivity index (χ2v) is 14.1. The van der Waals surface area contributed by atoms with Gasteiger partial charge in [-0.2, -0.15) is 0 Å². The molecule has 1 fully saturated rings. The highest BCUT2D eigenvalue weighted by Gasteiger charge is 2.63. The van der Waals surface area contributed by atoms with Gasteiger partial charge in [0.1, 0.15) is 16.4 Å². The van der Waals surface area contributed by atoms with E-state index < -0.39 is 50.4 Å². The average Bonchev–Trinajstić information content (AvgIpc) is 3.31. The molecule has 5 rings (SSSR count). The van der Waals surface area contributed by atoms with Gasteiger partial charge in [-0.05, 0) is 60.9 Å². The zero-order valence-electron chi connectivity index (χ0n) is 27.4. The number of likely N-dealkylation sites (N-methyl/N-ethyl adjacent to an activating group) is 1. The number of sulfonamides is 1. The number of fused-ring (bicyclic) bond motifs is 1. The average molecular weight is 739 g/mol. The van der Waals surface area contributed by atoms with Crippen LogP contribution in [0.25, 0.3) is 0 Å². The predicted molar refractivity (Wildman–Crippen MR) is 176 cm³/mol. The number of amides is 3. The summed E-state index contributed by atoms with van der Waals surface area (Å²) in [4.78, 5) is 43.3. The molecule has 1 unspecified atom stereocenters. The van der Waals surface area contributed by atoms with Gasteiger partial charge < -0.3 is 24.8 Å². The van der Waals surface area contributed by atoms with E-state index in [1.54, 1.807) is 25.1 Å². The van der Waals surface area contributed by atoms with Crippen molar-refractivity contribution in [3.05, 3.63) is 76.3 Å². The van der Waals surface area contributed by atoms with Gasteiger partial charge in [-0.3, -0.25) is 19.3 Å². The van der Waals surface area contributed by atoms with Crippen LogP contribution in [-0.4, -0.2) is 83.2 Å². The molecule has 0 aromatic heterocycles. The van der Waals surface area contributed by atoms with Gasteiger partial charge in [0.25, 0.3) is 15.9 Å². The molecule has 2 atom stereocenters. The van der Waals surface area contributed by atoms with Crippen LogP contribution in [0.4, 0.5) is 18.9 Å². The molecule has 0 radical (unpaired) electrons. The lowest BCUT2D eigenvalue weighted by Crippen LogP contribution is -2.62. The summed E-state index contributed by atoms with van der Waals surface area (Å²) in [6.45, 7) is 0.101. The highest BCUT2D eigenvalue weighted by Crippen LogP contribution is 2.55. The minimum absolute atomic E-state index is 0.0124. The Morgan fingerprint density at radius 3 is 2.34 bits per heavy atom. The van der Waals surface area contributed by atoms with Gasteiger partial charge in [0, 0.05) is 42.9 Å². The van der Waals surface area contributed by atoms with Crippen molar-refractivity contribution in [2.75, 3.05) is 39.2 Å². The first-order valence-corrected chi connectivity index (χ1v) is 17.1. The van der Waals surface area contributed by atoms with Crippen LogP contribution in [0, 0.1) is 0 Å². The van der Waals surface area contributed by atoms with Crippen LogP contribution < -0.4 is 24.2 Å². The summed E-state index contributed by atoms with van der Waals surface area (Å²) in [5.41, 5.74) is 3.51. The lowest BCUT2D eigenvalue weighted by atomic mass is 9.78. The number of methoxy groups -OCH3 is 2. The smallest absolute Gasteiger partial charge is 0.497 e. The van der Waals surface area contributed by atoms with Gasteiger partial charge in [0.05, 0.1) is 32.4 Å². The molecule has 17 heteroatoms. The topological polar surface area (TPSA) is 149 Å². The number of piperidine rings is 1. The van der Waals surface area contributed by atoms with Crippen molar-refractivity contribution in [2.45, 2.75) is 48.5 Å². The van der Waals surface area contributed by atoms with Crippen molar-refractivity contribution in [1.82, 2.24) is 9.80 Å². The number of nitrogens with two attached hydrogens (primary N) is 1. The van der Waals surface area contributed by atoms with Crippen molar-refractivity contribution in [3.8, 4) is 17.2 Å². The first-order chi connectivity index (χ1) is 23.5. The maximum absolute atomic E-state index is 15.5. The number of carbonyl (C=O) groups excluding carboxylic acids is 3. The van der Waals surface area contributed by atoms with E-state index in [-0.39, 0.29) is 58.6 Å². The summed E-state index contributed by atoms with van der Waals surface area (Å²) in [6, 6.07) is 10.2. The number of nitrogens with zero attached hydrogens (tertiary/aromatic N) is 3. The third kappa shape index (κ3) is 6.42. The fourth-order valence-corrected chi connectivity index (χ4v) is 8.38. The summed E-state index contributed by atoms with van der Waals surface area (Å²) in [7, 11) is 0.336. The van der Waals surface area contributed by atoms with Crippen molar-refractivity contribution >= 4 is 45.0 Å². The zero-order valence-corrected chi connectivity index (χ0v) is 29.0. The molecular weight excluding hydrogens is 705 g/mol. The van der Waals surface area contributed by atoms with Gasteiger partial charge in [0.15, 0.2) is 11.3 Å². The summed E-state index contributed by atoms with van der Waals surface area (Å²) in [5, 5.41) is 0.0884. The maximum Gasteiger partial charge on any atom is 0.573 e. The molecule has 12 nitrogen and oxygen atoms in total. The standard InChI is InChI=1S/C33H34ClF3N4O8S/c1-39(2)30(43)25-7-5-6-14-40(25)32(23-15-19(16-29(38)42)8-12-26(23)48-4)22-17-20(34)9-11-24(22)41(31(32)44)50(45,46)28-13-10-21(47-3)18-27(28)49-33(35,36)37/h8-13,15,17-18,25H,5-7,14,16H2,1-4H3,(H2,38,42)/t25-,32?/m0/s1. The van der Waals surface area contributed by atoms with E-state index >= 15 is 4.79 Å². The zero-order chi connectivity index (χ0) is 36.8. The van der Waals surface area contributed by atoms with Crippen LogP contribution in [0.15, 0.2) is 59.5 Å². The number of rotatable bonds is 10. The number of benzene rings is 3. The van der Waals surface area contributed by atoms with Crippen LogP contribution in [0.3, 0.4) is 0 Å². The molecule has 3 amide bonds. The van der Waals surface area contributed by atoms with Crippen molar-refractivity contribution in [3.63, 3.8) is 0 Å². The molecule has 2 aliphatic rings. The molecule has 50 heavy (non-hydrogen) atoms. The molecule has 3 aromatic carbocycles. The molecule has 2 heterocycles. The Kier molecular flexibility index (Phi) is 10.0. The number of hydrogen-bond donors (Lipinski definition) is 1. The molecule has 2 N–H and O–H groups in total. The second kappa shape index (κ2) is 13.6. The van der Waals surface area contributed by atoms with Gasteiger partial charge in [-0.15, -0.1) is 13.2 Å². The summed E-state index contributed by atoms with van der Waals surface area (Å²) < 4.78 is 85.5. The number of carbonyl (C=O) groups is 3. The minimum atomic E-state index is -5.32. The molecule has 1 saturated heterocycles. The minimum Gasteiger partial charge on any atom is -0.497 e. The van der Waals surface area contributed by atoms with Gasteiger partial charge in [-0.25, -0.2) is 12.7 Å². The van der Waals surface area contributed by atoms with Crippen molar-refractivity contribution in [2.24, 2.45) is 5.73 Å². The molecule has 0 saturated carbocycles. The van der Waals surface area contributed by atoms with Crippen LogP contribution in [0.2, 0.25) is 5.02 Å². The first-order valence-electron chi connectivity index (χ1n) is 15.2. The molecule has 0 bridgehead atoms. The number of primary amides is 1. The molecule has 268 valence electrons. The quantitative estimate of drug-likeness (QED) is 0.323. The normalized spacial score (nSPS) is 19.6. The highest BCUT2D eigenvalue weighted by atomic mass is 35.5. The van der Waals surface area contributed by atoms with Crippen molar-refractivity contribution < 1.29 is 50.2 Å². The van der Waals surface area contributed by atoms with Crippen molar-refractivity contribution in [1.29, 1.82) is 0 Å². The number of anilines is 1. The Morgan fingerprint density at radius 1 is 1.00 bits per heavy atom. The van der Waals surface area contributed by atoms with E-state index in [9.17, 15) is 31.2 Å². The van der Waals surface area contributed by atoms with E-state index in [1.807, 2.05) is 0 Å². The molecular formula is C33H34ClF3N4O8S. The number of likely N-dealkylation sites (tertiary alicyclic amines) is 1. The maximum atomic E-state index is 15.5. The second-order valence-electron chi connectivity index (χ2n) is 11.9. The predicted octanol–water partition coefficient (Wildman–Crippen LogP) is 4.21. The van der Waals surface area contributed by atoms with Gasteiger partial charge >= 0.3 is 6.36 Å². The van der Waals surface area contributed by atoms with E-state index in [4.69, 9.17) is 26.8 Å². The number of hydrogen-bond acceptors (Lipinski definition) is 9. The first kappa shape index (κ1) is 36.7. The SMILES string of the molecule is COc1ccc(S(=O)(=O)N2C(=O)C(c3cc(CC(N)=O)ccc3OC)(N3CCCC[C@H]3C(=O)N(C)C)c3cc(Cl)ccc32)c(OC(F)(F)F)c1. The Morgan fingerprint density at radius 2 is 1.72 bits per heavy atom. The lowest BCUT2D eigenvalue weighted by Gasteiger charge is -2.47. The van der Waals surface area contributed by atoms with Crippen LogP contribution >= 0.6 is 11.6 Å². The van der Waals surface area contributed by atoms with Gasteiger partial charge in [0.2, 0.25) is 11.8 Å². The summed E-state index contributed by atoms with van der Waals surface area (Å²) in [6.07, 6.45) is -4.23. The third-order valence-corrected chi connectivity index (χ3v) is 10.6. The molecule has 0 spiro atoms. The Bertz CT molecular complexity index is 1960. The highest BCUT2D eigenvalue weighted by molar-refractivity contribution is 7.93. The van der Waals surface area contributed by atoms with E-state index in [1.165, 1.54) is 49.5 Å². The Balaban J connectivity index is 1.89. The lowest BCUT2D eigenvalue weighted by molar-refractivity contribution is -0.275. The number of alkyl halides is 3.